The van der Waals surface area contributed by atoms with E-state index in [4.69, 9.17) is 14.2 Å². The van der Waals surface area contributed by atoms with Gasteiger partial charge in [-0.15, -0.1) is 0 Å². The molecule has 0 N–H and O–H groups in total. The van der Waals surface area contributed by atoms with Gasteiger partial charge in [0.05, 0.1) is 6.61 Å². The van der Waals surface area contributed by atoms with E-state index in [-0.39, 0.29) is 5.97 Å². The van der Waals surface area contributed by atoms with Crippen LogP contribution in [0.2, 0.25) is 0 Å². The zero-order valence-electron chi connectivity index (χ0n) is 17.1. The number of aryl methyl sites for hydroxylation is 2. The molecule has 1 rings (SSSR count). The van der Waals surface area contributed by atoms with E-state index in [1.807, 2.05) is 46.8 Å². The minimum atomic E-state index is -1.12. The van der Waals surface area contributed by atoms with Crippen molar-refractivity contribution >= 4 is 18.0 Å². The van der Waals surface area contributed by atoms with E-state index in [1.165, 1.54) is 6.08 Å². The molecule has 0 aliphatic carbocycles. The van der Waals surface area contributed by atoms with E-state index >= 15 is 0 Å². The van der Waals surface area contributed by atoms with Crippen LogP contribution < -0.4 is 4.74 Å². The van der Waals surface area contributed by atoms with Gasteiger partial charge < -0.3 is 14.2 Å². The van der Waals surface area contributed by atoms with Crippen LogP contribution in [0.15, 0.2) is 18.2 Å². The summed E-state index contributed by atoms with van der Waals surface area (Å²) in [6.07, 6.45) is 3.09. The molecule has 0 radical (unpaired) electrons. The van der Waals surface area contributed by atoms with E-state index in [0.717, 1.165) is 16.7 Å². The highest BCUT2D eigenvalue weighted by Gasteiger charge is 2.35. The normalized spacial score (nSPS) is 12.2. The maximum Gasteiger partial charge on any atom is 0.350 e. The van der Waals surface area contributed by atoms with Gasteiger partial charge in [-0.05, 0) is 90.3 Å². The molecule has 0 fully saturated rings. The van der Waals surface area contributed by atoms with E-state index in [2.05, 4.69) is 0 Å². The van der Waals surface area contributed by atoms with Gasteiger partial charge in [0, 0.05) is 6.08 Å². The van der Waals surface area contributed by atoms with Crippen molar-refractivity contribution in [1.82, 2.24) is 0 Å². The molecule has 0 bridgehead atoms. The first-order chi connectivity index (χ1) is 11.9. The average molecular weight is 362 g/mol. The van der Waals surface area contributed by atoms with Gasteiger partial charge in [0.25, 0.3) is 0 Å². The molecule has 1 aromatic rings. The van der Waals surface area contributed by atoms with Crippen LogP contribution in [0.4, 0.5) is 0 Å². The van der Waals surface area contributed by atoms with Crippen molar-refractivity contribution in [3.05, 3.63) is 34.9 Å². The van der Waals surface area contributed by atoms with Crippen molar-refractivity contribution in [2.45, 2.75) is 66.6 Å². The van der Waals surface area contributed by atoms with Gasteiger partial charge in [-0.2, -0.15) is 0 Å². The highest BCUT2D eigenvalue weighted by molar-refractivity contribution is 5.87. The Labute approximate surface area is 156 Å². The summed E-state index contributed by atoms with van der Waals surface area (Å²) >= 11 is 0. The molecule has 0 unspecified atom stereocenters. The van der Waals surface area contributed by atoms with Crippen molar-refractivity contribution in [3.63, 3.8) is 0 Å². The molecule has 1 aromatic carbocycles. The highest BCUT2D eigenvalue weighted by Crippen LogP contribution is 2.30. The first kappa shape index (κ1) is 21.7. The summed E-state index contributed by atoms with van der Waals surface area (Å²) < 4.78 is 16.3. The molecular formula is C21H30O5. The van der Waals surface area contributed by atoms with Gasteiger partial charge >= 0.3 is 11.9 Å². The molecule has 144 valence electrons. The van der Waals surface area contributed by atoms with Crippen LogP contribution >= 0.6 is 0 Å². The highest BCUT2D eigenvalue weighted by atomic mass is 16.6. The van der Waals surface area contributed by atoms with Crippen molar-refractivity contribution in [1.29, 1.82) is 0 Å². The Morgan fingerprint density at radius 1 is 1.04 bits per heavy atom. The molecule has 0 aliphatic rings. The van der Waals surface area contributed by atoms with Gasteiger partial charge in [0.1, 0.15) is 11.4 Å². The molecule has 0 saturated heterocycles. The average Bonchev–Trinajstić information content (AvgIpc) is 2.47. The second-order valence-corrected chi connectivity index (χ2v) is 7.68. The smallest absolute Gasteiger partial charge is 0.350 e. The SMILES string of the molecule is CCOC(=O)/C=C/c1cc(C)c(OC(C)(C)C(=O)OC(C)(C)C)c(C)c1. The number of benzene rings is 1. The summed E-state index contributed by atoms with van der Waals surface area (Å²) in [7, 11) is 0. The number of hydrogen-bond acceptors (Lipinski definition) is 5. The lowest BCUT2D eigenvalue weighted by atomic mass is 10.0. The second-order valence-electron chi connectivity index (χ2n) is 7.68. The molecule has 0 saturated carbocycles. The zero-order valence-corrected chi connectivity index (χ0v) is 17.1. The Kier molecular flexibility index (Phi) is 7.01. The Hall–Kier alpha value is -2.30. The van der Waals surface area contributed by atoms with Crippen LogP contribution in [-0.4, -0.2) is 29.7 Å². The van der Waals surface area contributed by atoms with Crippen LogP contribution in [0, 0.1) is 13.8 Å². The van der Waals surface area contributed by atoms with E-state index in [9.17, 15) is 9.59 Å². The number of ether oxygens (including phenoxy) is 3. The maximum atomic E-state index is 12.4. The molecule has 0 aromatic heterocycles. The Morgan fingerprint density at radius 2 is 1.58 bits per heavy atom. The van der Waals surface area contributed by atoms with Crippen molar-refractivity contribution in [3.8, 4) is 5.75 Å². The van der Waals surface area contributed by atoms with Crippen LogP contribution in [0.3, 0.4) is 0 Å². The summed E-state index contributed by atoms with van der Waals surface area (Å²) in [6.45, 7) is 14.7. The van der Waals surface area contributed by atoms with Gasteiger partial charge in [-0.1, -0.05) is 0 Å². The van der Waals surface area contributed by atoms with E-state index < -0.39 is 17.2 Å². The second kappa shape index (κ2) is 8.39. The third kappa shape index (κ3) is 6.54. The molecular weight excluding hydrogens is 332 g/mol. The van der Waals surface area contributed by atoms with Crippen LogP contribution in [-0.2, 0) is 19.1 Å². The minimum Gasteiger partial charge on any atom is -0.476 e. The largest absolute Gasteiger partial charge is 0.476 e. The molecule has 0 atom stereocenters. The van der Waals surface area contributed by atoms with Crippen molar-refractivity contribution in [2.75, 3.05) is 6.61 Å². The predicted molar refractivity (Wildman–Crippen MR) is 102 cm³/mol. The standard InChI is InChI=1S/C21H30O5/c1-9-24-17(22)11-10-16-12-14(2)18(15(3)13-16)25-21(7,8)19(23)26-20(4,5)6/h10-13H,9H2,1-8H3/b11-10+. The van der Waals surface area contributed by atoms with E-state index in [0.29, 0.717) is 12.4 Å². The van der Waals surface area contributed by atoms with Gasteiger partial charge in [0.15, 0.2) is 5.60 Å². The zero-order chi connectivity index (χ0) is 20.1. The summed E-state index contributed by atoms with van der Waals surface area (Å²) in [5, 5.41) is 0. The minimum absolute atomic E-state index is 0.341. The molecule has 0 amide bonds. The fourth-order valence-electron chi connectivity index (χ4n) is 2.29. The Bertz CT molecular complexity index is 670. The molecule has 0 heterocycles. The number of carbonyl (C=O) groups is 2. The summed E-state index contributed by atoms with van der Waals surface area (Å²) in [4.78, 5) is 23.8. The lowest BCUT2D eigenvalue weighted by Crippen LogP contribution is -2.43. The van der Waals surface area contributed by atoms with Crippen LogP contribution in [0.5, 0.6) is 5.75 Å². The molecule has 26 heavy (non-hydrogen) atoms. The Morgan fingerprint density at radius 3 is 2.04 bits per heavy atom. The maximum absolute atomic E-state index is 12.4. The first-order valence-corrected chi connectivity index (χ1v) is 8.74. The van der Waals surface area contributed by atoms with Gasteiger partial charge in [0.2, 0.25) is 0 Å². The summed E-state index contributed by atoms with van der Waals surface area (Å²) in [5.41, 5.74) is 0.889. The fourth-order valence-corrected chi connectivity index (χ4v) is 2.29. The monoisotopic (exact) mass is 362 g/mol. The van der Waals surface area contributed by atoms with Crippen LogP contribution in [0.1, 0.15) is 58.2 Å². The van der Waals surface area contributed by atoms with Crippen LogP contribution in [0.25, 0.3) is 6.08 Å². The Balaban J connectivity index is 3.01. The number of esters is 2. The van der Waals surface area contributed by atoms with E-state index in [1.54, 1.807) is 26.8 Å². The molecule has 0 spiro atoms. The lowest BCUT2D eigenvalue weighted by molar-refractivity contribution is -0.171. The van der Waals surface area contributed by atoms with Gasteiger partial charge in [-0.25, -0.2) is 9.59 Å². The number of hydrogen-bond donors (Lipinski definition) is 0. The molecule has 5 heteroatoms. The fraction of sp³-hybridized carbons (Fsp3) is 0.524. The third-order valence-electron chi connectivity index (χ3n) is 3.43. The quantitative estimate of drug-likeness (QED) is 0.555. The first-order valence-electron chi connectivity index (χ1n) is 8.74. The topological polar surface area (TPSA) is 61.8 Å². The number of carbonyl (C=O) groups excluding carboxylic acids is 2. The lowest BCUT2D eigenvalue weighted by Gasteiger charge is -2.30. The predicted octanol–water partition coefficient (Wildman–Crippen LogP) is 4.38. The molecule has 0 aliphatic heterocycles. The van der Waals surface area contributed by atoms with Gasteiger partial charge in [-0.3, -0.25) is 0 Å². The molecule has 5 nitrogen and oxygen atoms in total. The summed E-state index contributed by atoms with van der Waals surface area (Å²) in [5.74, 6) is -0.168. The third-order valence-corrected chi connectivity index (χ3v) is 3.43. The van der Waals surface area contributed by atoms with Crippen molar-refractivity contribution in [2.24, 2.45) is 0 Å². The summed E-state index contributed by atoms with van der Waals surface area (Å²) in [6, 6.07) is 3.78. The number of rotatable bonds is 6. The van der Waals surface area contributed by atoms with Crippen molar-refractivity contribution < 1.29 is 23.8 Å².